The fourth-order valence-corrected chi connectivity index (χ4v) is 4.16. The zero-order valence-corrected chi connectivity index (χ0v) is 11.5. The van der Waals surface area contributed by atoms with E-state index < -0.39 is 4.87 Å². The van der Waals surface area contributed by atoms with Crippen molar-refractivity contribution in [1.82, 2.24) is 0 Å². The summed E-state index contributed by atoms with van der Waals surface area (Å²) in [7, 11) is 1.77. The van der Waals surface area contributed by atoms with E-state index in [2.05, 4.69) is 18.2 Å². The molecular formula is C15H18ClNO. The molecule has 3 heteroatoms. The molecule has 0 aromatic carbocycles. The number of hydrogen-bond acceptors (Lipinski definition) is 2. The van der Waals surface area contributed by atoms with E-state index in [1.165, 1.54) is 30.4 Å². The van der Waals surface area contributed by atoms with Crippen LogP contribution in [0.2, 0.25) is 0 Å². The number of halogens is 1. The SMILES string of the molecule is COC12C[C@@H](C#N)C3(Cl)C=C1CCCCCC2=C3. The molecule has 18 heavy (non-hydrogen) atoms. The van der Waals surface area contributed by atoms with Gasteiger partial charge in [0.05, 0.1) is 16.9 Å². The normalized spacial score (nSPS) is 42.4. The highest BCUT2D eigenvalue weighted by Crippen LogP contribution is 2.56. The Kier molecular flexibility index (Phi) is 2.80. The van der Waals surface area contributed by atoms with Crippen LogP contribution in [-0.4, -0.2) is 17.6 Å². The Bertz CT molecular complexity index is 447. The Morgan fingerprint density at radius 3 is 2.39 bits per heavy atom. The van der Waals surface area contributed by atoms with Crippen LogP contribution in [0.3, 0.4) is 0 Å². The molecule has 0 aliphatic heterocycles. The maximum atomic E-state index is 9.33. The molecule has 96 valence electrons. The summed E-state index contributed by atoms with van der Waals surface area (Å²) in [4.78, 5) is -0.586. The van der Waals surface area contributed by atoms with Crippen LogP contribution in [0.4, 0.5) is 0 Å². The molecule has 4 rings (SSSR count). The van der Waals surface area contributed by atoms with Crippen molar-refractivity contribution in [2.75, 3.05) is 7.11 Å². The van der Waals surface area contributed by atoms with Gasteiger partial charge < -0.3 is 4.74 Å². The fourth-order valence-electron chi connectivity index (χ4n) is 3.77. The summed E-state index contributed by atoms with van der Waals surface area (Å²) < 4.78 is 5.90. The largest absolute Gasteiger partial charge is 0.369 e. The number of methoxy groups -OCH3 is 1. The first-order valence-electron chi connectivity index (χ1n) is 6.73. The number of ether oxygens (including phenoxy) is 1. The van der Waals surface area contributed by atoms with Crippen molar-refractivity contribution in [1.29, 1.82) is 5.26 Å². The summed E-state index contributed by atoms with van der Waals surface area (Å²) in [6, 6.07) is 2.36. The third-order valence-corrected chi connectivity index (χ3v) is 5.23. The maximum absolute atomic E-state index is 9.33. The summed E-state index contributed by atoms with van der Waals surface area (Å²) in [6.07, 6.45) is 10.7. The number of alkyl halides is 1. The van der Waals surface area contributed by atoms with Gasteiger partial charge >= 0.3 is 0 Å². The van der Waals surface area contributed by atoms with E-state index in [0.717, 1.165) is 19.3 Å². The third kappa shape index (κ3) is 1.51. The first-order chi connectivity index (χ1) is 8.64. The van der Waals surface area contributed by atoms with Crippen LogP contribution in [0.25, 0.3) is 0 Å². The minimum absolute atomic E-state index is 0.175. The summed E-state index contributed by atoms with van der Waals surface area (Å²) in [5.74, 6) is -0.175. The van der Waals surface area contributed by atoms with Crippen molar-refractivity contribution in [2.45, 2.75) is 49.0 Å². The van der Waals surface area contributed by atoms with Crippen molar-refractivity contribution in [3.63, 3.8) is 0 Å². The van der Waals surface area contributed by atoms with Crippen LogP contribution in [0.5, 0.6) is 0 Å². The number of nitriles is 1. The molecule has 2 nitrogen and oxygen atoms in total. The Morgan fingerprint density at radius 1 is 1.28 bits per heavy atom. The van der Waals surface area contributed by atoms with Gasteiger partial charge in [-0.3, -0.25) is 0 Å². The van der Waals surface area contributed by atoms with Gasteiger partial charge in [-0.25, -0.2) is 0 Å². The lowest BCUT2D eigenvalue weighted by atomic mass is 9.60. The number of nitrogens with zero attached hydrogens (tertiary/aromatic N) is 1. The molecule has 1 fully saturated rings. The highest BCUT2D eigenvalue weighted by molar-refractivity contribution is 6.27. The lowest BCUT2D eigenvalue weighted by Gasteiger charge is -2.51. The fraction of sp³-hybridized carbons (Fsp3) is 0.667. The van der Waals surface area contributed by atoms with Crippen molar-refractivity contribution < 1.29 is 4.74 Å². The number of rotatable bonds is 1. The number of hydrogen-bond donors (Lipinski definition) is 0. The standard InChI is InChI=1S/C15H18ClNO/c1-18-15-9-13(10-17)14(16)7-11(15)5-3-2-4-6-12(15)8-14/h7-8,13H,2-6,9H2,1H3/t13-,14?,15?/m0/s1. The molecule has 0 amide bonds. The number of fused-ring (bicyclic) bond motifs is 1. The number of allylic oxidation sites excluding steroid dienone is 2. The van der Waals surface area contributed by atoms with Crippen LogP contribution in [0.1, 0.15) is 38.5 Å². The molecular weight excluding hydrogens is 246 g/mol. The predicted molar refractivity (Wildman–Crippen MR) is 71.3 cm³/mol. The molecule has 4 aliphatic carbocycles. The van der Waals surface area contributed by atoms with E-state index in [1.807, 2.05) is 0 Å². The smallest absolute Gasteiger partial charge is 0.111 e. The van der Waals surface area contributed by atoms with E-state index >= 15 is 0 Å². The Hall–Kier alpha value is -0.780. The van der Waals surface area contributed by atoms with E-state index in [1.54, 1.807) is 7.11 Å². The molecule has 0 aromatic heterocycles. The third-order valence-electron chi connectivity index (χ3n) is 4.75. The summed E-state index contributed by atoms with van der Waals surface area (Å²) >= 11 is 6.68. The molecule has 0 N–H and O–H groups in total. The van der Waals surface area contributed by atoms with Gasteiger partial charge in [-0.2, -0.15) is 5.26 Å². The molecule has 4 bridgehead atoms. The minimum atomic E-state index is -0.586. The molecule has 0 aromatic rings. The highest BCUT2D eigenvalue weighted by Gasteiger charge is 2.54. The average molecular weight is 264 g/mol. The van der Waals surface area contributed by atoms with E-state index in [4.69, 9.17) is 16.3 Å². The van der Waals surface area contributed by atoms with Gasteiger partial charge in [0, 0.05) is 13.5 Å². The lowest BCUT2D eigenvalue weighted by molar-refractivity contribution is 0.0145. The van der Waals surface area contributed by atoms with E-state index in [0.29, 0.717) is 0 Å². The molecule has 4 aliphatic rings. The Balaban J connectivity index is 2.14. The van der Waals surface area contributed by atoms with Gasteiger partial charge in [-0.15, -0.1) is 11.6 Å². The zero-order chi connectivity index (χ0) is 12.8. The van der Waals surface area contributed by atoms with Crippen LogP contribution in [0, 0.1) is 17.2 Å². The molecule has 0 spiro atoms. The Morgan fingerprint density at radius 2 is 1.89 bits per heavy atom. The van der Waals surface area contributed by atoms with Gasteiger partial charge in [0.25, 0.3) is 0 Å². The molecule has 0 saturated heterocycles. The Labute approximate surface area is 113 Å². The second-order valence-corrected chi connectivity index (χ2v) is 6.30. The summed E-state index contributed by atoms with van der Waals surface area (Å²) in [5.41, 5.74) is 2.30. The van der Waals surface area contributed by atoms with Gasteiger partial charge in [-0.1, -0.05) is 18.6 Å². The van der Waals surface area contributed by atoms with Gasteiger partial charge in [0.1, 0.15) is 5.60 Å². The van der Waals surface area contributed by atoms with Crippen molar-refractivity contribution in [2.24, 2.45) is 5.92 Å². The van der Waals surface area contributed by atoms with Crippen LogP contribution in [-0.2, 0) is 4.74 Å². The van der Waals surface area contributed by atoms with Gasteiger partial charge in [-0.05, 0) is 36.8 Å². The van der Waals surface area contributed by atoms with Gasteiger partial charge in [0.15, 0.2) is 0 Å². The molecule has 0 radical (unpaired) electrons. The van der Waals surface area contributed by atoms with Crippen molar-refractivity contribution in [3.8, 4) is 6.07 Å². The van der Waals surface area contributed by atoms with Crippen molar-refractivity contribution in [3.05, 3.63) is 23.3 Å². The second-order valence-electron chi connectivity index (χ2n) is 5.64. The van der Waals surface area contributed by atoms with Crippen LogP contribution < -0.4 is 0 Å². The second kappa shape index (κ2) is 4.11. The monoisotopic (exact) mass is 263 g/mol. The molecule has 1 saturated carbocycles. The lowest BCUT2D eigenvalue weighted by Crippen LogP contribution is -2.52. The average Bonchev–Trinajstić information content (AvgIpc) is 2.36. The molecule has 1 atom stereocenters. The molecule has 0 heterocycles. The van der Waals surface area contributed by atoms with Crippen molar-refractivity contribution >= 4 is 11.6 Å². The van der Waals surface area contributed by atoms with Crippen LogP contribution >= 0.6 is 11.6 Å². The molecule has 0 unspecified atom stereocenters. The van der Waals surface area contributed by atoms with E-state index in [-0.39, 0.29) is 11.5 Å². The quantitative estimate of drug-likeness (QED) is 0.534. The summed E-state index contributed by atoms with van der Waals surface area (Å²) in [5, 5.41) is 9.33. The van der Waals surface area contributed by atoms with E-state index in [9.17, 15) is 5.26 Å². The maximum Gasteiger partial charge on any atom is 0.111 e. The predicted octanol–water partition coefficient (Wildman–Crippen LogP) is 3.72. The van der Waals surface area contributed by atoms with Gasteiger partial charge in [0.2, 0.25) is 0 Å². The van der Waals surface area contributed by atoms with Crippen LogP contribution in [0.15, 0.2) is 23.3 Å². The first-order valence-corrected chi connectivity index (χ1v) is 7.10. The topological polar surface area (TPSA) is 33.0 Å². The highest BCUT2D eigenvalue weighted by atomic mass is 35.5. The summed E-state index contributed by atoms with van der Waals surface area (Å²) in [6.45, 7) is 0. The first kappa shape index (κ1) is 12.3. The zero-order valence-electron chi connectivity index (χ0n) is 10.7. The minimum Gasteiger partial charge on any atom is -0.369 e.